The van der Waals surface area contributed by atoms with E-state index in [2.05, 4.69) is 47.9 Å². The summed E-state index contributed by atoms with van der Waals surface area (Å²) >= 11 is 0. The summed E-state index contributed by atoms with van der Waals surface area (Å²) in [6.07, 6.45) is 2.86. The molecule has 1 fully saturated rings. The van der Waals surface area contributed by atoms with Crippen LogP contribution in [0.5, 0.6) is 0 Å². The van der Waals surface area contributed by atoms with Crippen LogP contribution in [0.1, 0.15) is 25.3 Å². The molecule has 22 heavy (non-hydrogen) atoms. The van der Waals surface area contributed by atoms with Crippen molar-refractivity contribution in [3.8, 4) is 0 Å². The Morgan fingerprint density at radius 2 is 2.09 bits per heavy atom. The number of benzene rings is 2. The first-order valence-electron chi connectivity index (χ1n) is 8.20. The van der Waals surface area contributed by atoms with E-state index in [1.165, 1.54) is 23.6 Å². The number of piperidine rings is 1. The number of hydrogen-bond donors (Lipinski definition) is 2. The molecule has 1 heterocycles. The van der Waals surface area contributed by atoms with E-state index in [0.29, 0.717) is 12.3 Å². The van der Waals surface area contributed by atoms with Crippen molar-refractivity contribution in [1.82, 2.24) is 10.6 Å². The van der Waals surface area contributed by atoms with Crippen LogP contribution in [0.3, 0.4) is 0 Å². The lowest BCUT2D eigenvalue weighted by molar-refractivity contribution is -0.121. The molecule has 2 aromatic rings. The Kier molecular flexibility index (Phi) is 4.74. The summed E-state index contributed by atoms with van der Waals surface area (Å²) in [5.74, 6) is 0.669. The van der Waals surface area contributed by atoms with Gasteiger partial charge in [-0.25, -0.2) is 0 Å². The van der Waals surface area contributed by atoms with Crippen molar-refractivity contribution >= 4 is 16.7 Å². The van der Waals surface area contributed by atoms with Crippen molar-refractivity contribution in [3.05, 3.63) is 48.0 Å². The quantitative estimate of drug-likeness (QED) is 0.911. The maximum Gasteiger partial charge on any atom is 0.224 e. The maximum absolute atomic E-state index is 12.3. The minimum atomic E-state index is 0.119. The average molecular weight is 296 g/mol. The van der Waals surface area contributed by atoms with Crippen LogP contribution in [0.25, 0.3) is 10.8 Å². The summed E-state index contributed by atoms with van der Waals surface area (Å²) in [6, 6.07) is 14.7. The second kappa shape index (κ2) is 6.93. The minimum absolute atomic E-state index is 0.119. The molecule has 3 rings (SSSR count). The van der Waals surface area contributed by atoms with Crippen molar-refractivity contribution < 1.29 is 4.79 Å². The van der Waals surface area contributed by atoms with Gasteiger partial charge >= 0.3 is 0 Å². The van der Waals surface area contributed by atoms with Crippen molar-refractivity contribution in [2.45, 2.75) is 32.2 Å². The van der Waals surface area contributed by atoms with Gasteiger partial charge in [0, 0.05) is 6.04 Å². The molecule has 116 valence electrons. The van der Waals surface area contributed by atoms with Gasteiger partial charge in [0.2, 0.25) is 5.91 Å². The first-order valence-corrected chi connectivity index (χ1v) is 8.20. The Morgan fingerprint density at radius 1 is 1.27 bits per heavy atom. The molecule has 2 unspecified atom stereocenters. The van der Waals surface area contributed by atoms with Crippen LogP contribution in [0, 0.1) is 5.92 Å². The monoisotopic (exact) mass is 296 g/mol. The molecule has 0 saturated carbocycles. The van der Waals surface area contributed by atoms with E-state index in [0.717, 1.165) is 18.7 Å². The van der Waals surface area contributed by atoms with E-state index < -0.39 is 0 Å². The Morgan fingerprint density at radius 3 is 2.86 bits per heavy atom. The van der Waals surface area contributed by atoms with Gasteiger partial charge in [0.15, 0.2) is 0 Å². The maximum atomic E-state index is 12.3. The van der Waals surface area contributed by atoms with Gasteiger partial charge < -0.3 is 10.6 Å². The fourth-order valence-electron chi connectivity index (χ4n) is 3.26. The zero-order valence-electron chi connectivity index (χ0n) is 13.1. The van der Waals surface area contributed by atoms with E-state index >= 15 is 0 Å². The SMILES string of the molecule is CC(NC(=O)Cc1ccc2ccccc2c1)C1CCCNC1. The fraction of sp³-hybridized carbons (Fsp3) is 0.421. The number of hydrogen-bond acceptors (Lipinski definition) is 2. The summed E-state index contributed by atoms with van der Waals surface area (Å²) in [6.45, 7) is 4.24. The van der Waals surface area contributed by atoms with Crippen LogP contribution < -0.4 is 10.6 Å². The molecule has 0 spiro atoms. The molecule has 0 radical (unpaired) electrons. The average Bonchev–Trinajstić information content (AvgIpc) is 2.55. The number of carbonyl (C=O) groups excluding carboxylic acids is 1. The minimum Gasteiger partial charge on any atom is -0.353 e. The van der Waals surface area contributed by atoms with Crippen molar-refractivity contribution in [2.75, 3.05) is 13.1 Å². The second-order valence-electron chi connectivity index (χ2n) is 6.32. The lowest BCUT2D eigenvalue weighted by Gasteiger charge is -2.29. The van der Waals surface area contributed by atoms with Gasteiger partial charge in [-0.05, 0) is 55.1 Å². The molecule has 1 aliphatic heterocycles. The molecular formula is C19H24N2O. The number of nitrogens with one attached hydrogen (secondary N) is 2. The van der Waals surface area contributed by atoms with Crippen LogP contribution in [0.4, 0.5) is 0 Å². The lowest BCUT2D eigenvalue weighted by Crippen LogP contribution is -2.45. The van der Waals surface area contributed by atoms with E-state index in [-0.39, 0.29) is 11.9 Å². The third-order valence-electron chi connectivity index (χ3n) is 4.61. The van der Waals surface area contributed by atoms with Crippen molar-refractivity contribution in [1.29, 1.82) is 0 Å². The molecule has 2 aromatic carbocycles. The number of carbonyl (C=O) groups is 1. The molecule has 1 aliphatic rings. The Hall–Kier alpha value is -1.87. The molecule has 2 atom stereocenters. The second-order valence-corrected chi connectivity index (χ2v) is 6.32. The van der Waals surface area contributed by atoms with Crippen LogP contribution in [-0.2, 0) is 11.2 Å². The van der Waals surface area contributed by atoms with Gasteiger partial charge in [-0.3, -0.25) is 4.79 Å². The summed E-state index contributed by atoms with van der Waals surface area (Å²) in [7, 11) is 0. The van der Waals surface area contributed by atoms with Gasteiger partial charge in [-0.2, -0.15) is 0 Å². The molecule has 1 saturated heterocycles. The van der Waals surface area contributed by atoms with Crippen molar-refractivity contribution in [2.24, 2.45) is 5.92 Å². The Bertz CT molecular complexity index is 647. The van der Waals surface area contributed by atoms with E-state index in [1.807, 2.05) is 12.1 Å². The van der Waals surface area contributed by atoms with E-state index in [4.69, 9.17) is 0 Å². The van der Waals surface area contributed by atoms with Crippen LogP contribution in [-0.4, -0.2) is 25.0 Å². The molecule has 0 aromatic heterocycles. The smallest absolute Gasteiger partial charge is 0.224 e. The highest BCUT2D eigenvalue weighted by Gasteiger charge is 2.21. The summed E-state index contributed by atoms with van der Waals surface area (Å²) in [5, 5.41) is 8.98. The number of amides is 1. The van der Waals surface area contributed by atoms with Gasteiger partial charge in [0.05, 0.1) is 6.42 Å². The number of rotatable bonds is 4. The molecule has 3 heteroatoms. The predicted molar refractivity (Wildman–Crippen MR) is 90.9 cm³/mol. The summed E-state index contributed by atoms with van der Waals surface area (Å²) in [4.78, 5) is 12.3. The first-order chi connectivity index (χ1) is 10.7. The molecule has 0 aliphatic carbocycles. The summed E-state index contributed by atoms with van der Waals surface area (Å²) in [5.41, 5.74) is 1.07. The van der Waals surface area contributed by atoms with Gasteiger partial charge in [-0.15, -0.1) is 0 Å². The first kappa shape index (κ1) is 15.0. The molecule has 3 nitrogen and oxygen atoms in total. The zero-order valence-corrected chi connectivity index (χ0v) is 13.1. The van der Waals surface area contributed by atoms with Crippen LogP contribution in [0.2, 0.25) is 0 Å². The standard InChI is InChI=1S/C19H24N2O/c1-14(18-7-4-10-20-13-18)21-19(22)12-15-8-9-16-5-2-3-6-17(16)11-15/h2-3,5-6,8-9,11,14,18,20H,4,7,10,12-13H2,1H3,(H,21,22). The third kappa shape index (κ3) is 3.66. The Labute approximate surface area is 132 Å². The molecular weight excluding hydrogens is 272 g/mol. The Balaban J connectivity index is 1.60. The van der Waals surface area contributed by atoms with E-state index in [1.54, 1.807) is 0 Å². The highest BCUT2D eigenvalue weighted by molar-refractivity contribution is 5.85. The van der Waals surface area contributed by atoms with Crippen LogP contribution in [0.15, 0.2) is 42.5 Å². The molecule has 2 N–H and O–H groups in total. The largest absolute Gasteiger partial charge is 0.353 e. The normalized spacial score (nSPS) is 19.8. The van der Waals surface area contributed by atoms with Gasteiger partial charge in [-0.1, -0.05) is 42.5 Å². The highest BCUT2D eigenvalue weighted by atomic mass is 16.1. The fourth-order valence-corrected chi connectivity index (χ4v) is 3.26. The molecule has 1 amide bonds. The predicted octanol–water partition coefficient (Wildman–Crippen LogP) is 2.89. The highest BCUT2D eigenvalue weighted by Crippen LogP contribution is 2.17. The van der Waals surface area contributed by atoms with Gasteiger partial charge in [0.25, 0.3) is 0 Å². The zero-order chi connectivity index (χ0) is 15.4. The molecule has 0 bridgehead atoms. The summed E-state index contributed by atoms with van der Waals surface area (Å²) < 4.78 is 0. The van der Waals surface area contributed by atoms with E-state index in [9.17, 15) is 4.79 Å². The number of fused-ring (bicyclic) bond motifs is 1. The van der Waals surface area contributed by atoms with Crippen LogP contribution >= 0.6 is 0 Å². The topological polar surface area (TPSA) is 41.1 Å². The lowest BCUT2D eigenvalue weighted by atomic mass is 9.92. The van der Waals surface area contributed by atoms with Gasteiger partial charge in [0.1, 0.15) is 0 Å². The third-order valence-corrected chi connectivity index (χ3v) is 4.61. The van der Waals surface area contributed by atoms with Crippen molar-refractivity contribution in [3.63, 3.8) is 0 Å².